The first-order chi connectivity index (χ1) is 6.75. The third kappa shape index (κ3) is 2.13. The minimum absolute atomic E-state index is 0.357. The molecule has 0 unspecified atom stereocenters. The largest absolute Gasteiger partial charge is 0.327 e. The number of hydrogen-bond donors (Lipinski definition) is 2. The number of aromatic amines is 1. The van der Waals surface area contributed by atoms with Crippen LogP contribution in [0.5, 0.6) is 0 Å². The Balaban J connectivity index is 1.94. The Morgan fingerprint density at radius 3 is 3.21 bits per heavy atom. The monoisotopic (exact) mass is 194 g/mol. The minimum Gasteiger partial charge on any atom is -0.327 e. The lowest BCUT2D eigenvalue weighted by atomic mass is 10.1. The summed E-state index contributed by atoms with van der Waals surface area (Å²) in [6, 6.07) is 0.357. The molecule has 4 nitrogen and oxygen atoms in total. The maximum Gasteiger partial charge on any atom is 0.0535 e. The Hall–Kier alpha value is -0.870. The second-order valence-electron chi connectivity index (χ2n) is 4.16. The third-order valence-electron chi connectivity index (χ3n) is 2.87. The molecule has 14 heavy (non-hydrogen) atoms. The van der Waals surface area contributed by atoms with Gasteiger partial charge in [0.05, 0.1) is 6.20 Å². The molecule has 1 fully saturated rings. The van der Waals surface area contributed by atoms with Crippen LogP contribution in [-0.2, 0) is 6.54 Å². The number of likely N-dealkylation sites (tertiary alicyclic amines) is 1. The fourth-order valence-electron chi connectivity index (χ4n) is 2.01. The van der Waals surface area contributed by atoms with E-state index < -0.39 is 0 Å². The van der Waals surface area contributed by atoms with Gasteiger partial charge in [0, 0.05) is 30.4 Å². The topological polar surface area (TPSA) is 57.9 Å². The van der Waals surface area contributed by atoms with E-state index >= 15 is 0 Å². The van der Waals surface area contributed by atoms with E-state index in [9.17, 15) is 0 Å². The van der Waals surface area contributed by atoms with Crippen molar-refractivity contribution in [3.63, 3.8) is 0 Å². The number of nitrogens with two attached hydrogens (primary N) is 1. The first-order valence-electron chi connectivity index (χ1n) is 5.22. The predicted octanol–water partition coefficient (Wildman–Crippen LogP) is 0.641. The standard InChI is InChI=1S/C10H18N4/c1-8-9(5-12-13-8)6-14-4-2-3-10(11)7-14/h5,10H,2-4,6-7,11H2,1H3,(H,12,13)/t10-/m0/s1. The number of rotatable bonds is 2. The minimum atomic E-state index is 0.357. The molecule has 1 atom stereocenters. The summed E-state index contributed by atoms with van der Waals surface area (Å²) in [6.45, 7) is 5.23. The molecule has 1 saturated heterocycles. The van der Waals surface area contributed by atoms with Crippen LogP contribution < -0.4 is 5.73 Å². The van der Waals surface area contributed by atoms with Gasteiger partial charge in [0.15, 0.2) is 0 Å². The van der Waals surface area contributed by atoms with Crippen LogP contribution in [0.4, 0.5) is 0 Å². The van der Waals surface area contributed by atoms with E-state index in [1.54, 1.807) is 0 Å². The molecule has 1 aliphatic rings. The fourth-order valence-corrected chi connectivity index (χ4v) is 2.01. The van der Waals surface area contributed by atoms with Crippen LogP contribution in [0.2, 0.25) is 0 Å². The van der Waals surface area contributed by atoms with Crippen molar-refractivity contribution in [3.8, 4) is 0 Å². The van der Waals surface area contributed by atoms with E-state index in [1.165, 1.54) is 30.6 Å². The Kier molecular flexibility index (Phi) is 2.84. The molecule has 3 N–H and O–H groups in total. The lowest BCUT2D eigenvalue weighted by molar-refractivity contribution is 0.201. The second-order valence-corrected chi connectivity index (χ2v) is 4.16. The van der Waals surface area contributed by atoms with E-state index in [-0.39, 0.29) is 0 Å². The third-order valence-corrected chi connectivity index (χ3v) is 2.87. The molecular weight excluding hydrogens is 176 g/mol. The summed E-state index contributed by atoms with van der Waals surface area (Å²) in [5.41, 5.74) is 8.39. The van der Waals surface area contributed by atoms with Gasteiger partial charge in [-0.15, -0.1) is 0 Å². The van der Waals surface area contributed by atoms with Gasteiger partial charge in [0.25, 0.3) is 0 Å². The molecule has 0 amide bonds. The van der Waals surface area contributed by atoms with Gasteiger partial charge in [-0.1, -0.05) is 0 Å². The highest BCUT2D eigenvalue weighted by Gasteiger charge is 2.17. The number of hydrogen-bond acceptors (Lipinski definition) is 3. The molecule has 0 spiro atoms. The van der Waals surface area contributed by atoms with Crippen LogP contribution in [0.3, 0.4) is 0 Å². The van der Waals surface area contributed by atoms with Crippen LogP contribution in [0, 0.1) is 6.92 Å². The number of nitrogens with one attached hydrogen (secondary N) is 1. The zero-order valence-corrected chi connectivity index (χ0v) is 8.66. The molecule has 1 aliphatic heterocycles. The van der Waals surface area contributed by atoms with Gasteiger partial charge in [0.2, 0.25) is 0 Å². The zero-order chi connectivity index (χ0) is 9.97. The van der Waals surface area contributed by atoms with E-state index in [0.717, 1.165) is 13.1 Å². The summed E-state index contributed by atoms with van der Waals surface area (Å²) in [4.78, 5) is 2.41. The molecular formula is C10H18N4. The van der Waals surface area contributed by atoms with Crippen molar-refractivity contribution in [1.29, 1.82) is 0 Å². The van der Waals surface area contributed by atoms with E-state index in [0.29, 0.717) is 6.04 Å². The normalized spacial score (nSPS) is 24.0. The molecule has 0 saturated carbocycles. The average molecular weight is 194 g/mol. The highest BCUT2D eigenvalue weighted by Crippen LogP contribution is 2.13. The van der Waals surface area contributed by atoms with Gasteiger partial charge in [0.1, 0.15) is 0 Å². The van der Waals surface area contributed by atoms with Crippen molar-refractivity contribution >= 4 is 0 Å². The van der Waals surface area contributed by atoms with Gasteiger partial charge in [-0.25, -0.2) is 0 Å². The lowest BCUT2D eigenvalue weighted by Gasteiger charge is -2.30. The highest BCUT2D eigenvalue weighted by molar-refractivity contribution is 5.14. The number of nitrogens with zero attached hydrogens (tertiary/aromatic N) is 2. The average Bonchev–Trinajstić information content (AvgIpc) is 2.52. The van der Waals surface area contributed by atoms with Gasteiger partial charge >= 0.3 is 0 Å². The van der Waals surface area contributed by atoms with Crippen LogP contribution in [0.1, 0.15) is 24.1 Å². The number of H-pyrrole nitrogens is 1. The van der Waals surface area contributed by atoms with Crippen molar-refractivity contribution in [2.24, 2.45) is 5.73 Å². The molecule has 1 aromatic heterocycles. The molecule has 0 bridgehead atoms. The quantitative estimate of drug-likeness (QED) is 0.726. The lowest BCUT2D eigenvalue weighted by Crippen LogP contribution is -2.42. The Morgan fingerprint density at radius 2 is 2.57 bits per heavy atom. The highest BCUT2D eigenvalue weighted by atomic mass is 15.2. The van der Waals surface area contributed by atoms with Crippen LogP contribution in [0.25, 0.3) is 0 Å². The number of aromatic nitrogens is 2. The maximum absolute atomic E-state index is 5.93. The SMILES string of the molecule is Cc1[nH]ncc1CN1CCC[C@H](N)C1. The Morgan fingerprint density at radius 1 is 1.71 bits per heavy atom. The number of aryl methyl sites for hydroxylation is 1. The van der Waals surface area contributed by atoms with Gasteiger partial charge in [-0.2, -0.15) is 5.10 Å². The molecule has 2 heterocycles. The molecule has 4 heteroatoms. The van der Waals surface area contributed by atoms with E-state index in [4.69, 9.17) is 5.73 Å². The van der Waals surface area contributed by atoms with Gasteiger partial charge in [-0.05, 0) is 26.3 Å². The summed E-state index contributed by atoms with van der Waals surface area (Å²) in [5.74, 6) is 0. The van der Waals surface area contributed by atoms with Crippen molar-refractivity contribution in [2.75, 3.05) is 13.1 Å². The van der Waals surface area contributed by atoms with Crippen LogP contribution in [-0.4, -0.2) is 34.2 Å². The van der Waals surface area contributed by atoms with Gasteiger partial charge < -0.3 is 5.73 Å². The van der Waals surface area contributed by atoms with Crippen molar-refractivity contribution in [2.45, 2.75) is 32.4 Å². The molecule has 1 aromatic rings. The molecule has 0 aliphatic carbocycles. The van der Waals surface area contributed by atoms with Crippen LogP contribution >= 0.6 is 0 Å². The zero-order valence-electron chi connectivity index (χ0n) is 8.66. The van der Waals surface area contributed by atoms with E-state index in [1.807, 2.05) is 6.20 Å². The first-order valence-corrected chi connectivity index (χ1v) is 5.22. The molecule has 2 rings (SSSR count). The number of piperidine rings is 1. The fraction of sp³-hybridized carbons (Fsp3) is 0.700. The van der Waals surface area contributed by atoms with Gasteiger partial charge in [-0.3, -0.25) is 10.00 Å². The second kappa shape index (κ2) is 4.11. The molecule has 78 valence electrons. The van der Waals surface area contributed by atoms with Crippen molar-refractivity contribution in [3.05, 3.63) is 17.5 Å². The summed E-state index contributed by atoms with van der Waals surface area (Å²) in [7, 11) is 0. The maximum atomic E-state index is 5.93. The molecule has 0 radical (unpaired) electrons. The van der Waals surface area contributed by atoms with Crippen molar-refractivity contribution < 1.29 is 0 Å². The summed E-state index contributed by atoms with van der Waals surface area (Å²) in [6.07, 6.45) is 4.30. The van der Waals surface area contributed by atoms with Crippen molar-refractivity contribution in [1.82, 2.24) is 15.1 Å². The summed E-state index contributed by atoms with van der Waals surface area (Å²) < 4.78 is 0. The Labute approximate surface area is 84.5 Å². The summed E-state index contributed by atoms with van der Waals surface area (Å²) >= 11 is 0. The van der Waals surface area contributed by atoms with Crippen LogP contribution in [0.15, 0.2) is 6.20 Å². The predicted molar refractivity (Wildman–Crippen MR) is 55.8 cm³/mol. The van der Waals surface area contributed by atoms with E-state index in [2.05, 4.69) is 22.0 Å². The summed E-state index contributed by atoms with van der Waals surface area (Å²) in [5, 5.41) is 6.98. The smallest absolute Gasteiger partial charge is 0.0535 e. The Bertz CT molecular complexity index is 294. The molecule has 0 aromatic carbocycles. The first kappa shape index (κ1) is 9.68.